The average molecular weight is 406 g/mol. The lowest BCUT2D eigenvalue weighted by atomic mass is 10.0. The molecule has 3 aromatic rings. The Morgan fingerprint density at radius 2 is 1.63 bits per heavy atom. The second kappa shape index (κ2) is 9.61. The molecule has 5 nitrogen and oxygen atoms in total. The summed E-state index contributed by atoms with van der Waals surface area (Å²) in [5.41, 5.74) is 4.43. The van der Waals surface area contributed by atoms with Gasteiger partial charge >= 0.3 is 0 Å². The highest BCUT2D eigenvalue weighted by Gasteiger charge is 2.27. The molecule has 0 aliphatic heterocycles. The minimum atomic E-state index is 0.0220. The quantitative estimate of drug-likeness (QED) is 0.493. The molecule has 0 radical (unpaired) electrons. The summed E-state index contributed by atoms with van der Waals surface area (Å²) < 4.78 is 5.82. The molecule has 3 rings (SSSR count). The standard InChI is InChI=1S/C25H31N3O2/c1-6-27(7-2)25-22(23(26-30-25)20-14-9-8-10-15-20)17-28(18(3)4)24(29)21-16-12-11-13-19(21)5/h8-16,18H,6-7,17H2,1-5H3. The Hall–Kier alpha value is -3.08. The number of hydrogen-bond acceptors (Lipinski definition) is 4. The van der Waals surface area contributed by atoms with Crippen molar-refractivity contribution in [3.05, 3.63) is 71.3 Å². The molecule has 1 amide bonds. The number of carbonyl (C=O) groups excluding carboxylic acids is 1. The zero-order chi connectivity index (χ0) is 21.7. The molecule has 0 aliphatic rings. The third-order valence-corrected chi connectivity index (χ3v) is 5.45. The van der Waals surface area contributed by atoms with Crippen molar-refractivity contribution in [1.82, 2.24) is 10.1 Å². The van der Waals surface area contributed by atoms with E-state index in [0.29, 0.717) is 6.54 Å². The van der Waals surface area contributed by atoms with E-state index in [1.54, 1.807) is 0 Å². The van der Waals surface area contributed by atoms with Gasteiger partial charge in [-0.1, -0.05) is 53.7 Å². The summed E-state index contributed by atoms with van der Waals surface area (Å²) in [5, 5.41) is 4.41. The smallest absolute Gasteiger partial charge is 0.254 e. The molecule has 2 aromatic carbocycles. The number of hydrogen-bond donors (Lipinski definition) is 0. The first-order chi connectivity index (χ1) is 14.5. The second-order valence-electron chi connectivity index (χ2n) is 7.69. The minimum Gasteiger partial charge on any atom is -0.341 e. The van der Waals surface area contributed by atoms with Crippen LogP contribution < -0.4 is 4.90 Å². The van der Waals surface area contributed by atoms with Crippen LogP contribution in [0.5, 0.6) is 0 Å². The van der Waals surface area contributed by atoms with Crippen molar-refractivity contribution in [1.29, 1.82) is 0 Å². The Morgan fingerprint density at radius 3 is 2.23 bits per heavy atom. The minimum absolute atomic E-state index is 0.0220. The van der Waals surface area contributed by atoms with Crippen LogP contribution in [0.25, 0.3) is 11.3 Å². The number of rotatable bonds is 8. The van der Waals surface area contributed by atoms with Gasteiger partial charge < -0.3 is 14.3 Å². The van der Waals surface area contributed by atoms with E-state index in [2.05, 4.69) is 23.9 Å². The van der Waals surface area contributed by atoms with Gasteiger partial charge in [0.2, 0.25) is 5.88 Å². The van der Waals surface area contributed by atoms with Gasteiger partial charge in [0, 0.05) is 30.3 Å². The molecule has 0 saturated carbocycles. The Balaban J connectivity index is 2.06. The molecule has 30 heavy (non-hydrogen) atoms. The fraction of sp³-hybridized carbons (Fsp3) is 0.360. The SMILES string of the molecule is CCN(CC)c1onc(-c2ccccc2)c1CN(C(=O)c1ccccc1C)C(C)C. The lowest BCUT2D eigenvalue weighted by Gasteiger charge is -2.28. The van der Waals surface area contributed by atoms with Gasteiger partial charge in [0.25, 0.3) is 5.91 Å². The number of aromatic nitrogens is 1. The molecule has 1 heterocycles. The highest BCUT2D eigenvalue weighted by molar-refractivity contribution is 5.96. The summed E-state index contributed by atoms with van der Waals surface area (Å²) in [6.45, 7) is 12.3. The lowest BCUT2D eigenvalue weighted by molar-refractivity contribution is 0.0690. The normalized spacial score (nSPS) is 11.0. The zero-order valence-electron chi connectivity index (χ0n) is 18.6. The van der Waals surface area contributed by atoms with Crippen LogP contribution in [-0.4, -0.2) is 35.1 Å². The van der Waals surface area contributed by atoms with Gasteiger partial charge in [0.15, 0.2) is 0 Å². The average Bonchev–Trinajstić information content (AvgIpc) is 3.16. The first-order valence-electron chi connectivity index (χ1n) is 10.6. The van der Waals surface area contributed by atoms with Crippen molar-refractivity contribution >= 4 is 11.8 Å². The van der Waals surface area contributed by atoms with Crippen LogP contribution in [-0.2, 0) is 6.54 Å². The third-order valence-electron chi connectivity index (χ3n) is 5.45. The van der Waals surface area contributed by atoms with E-state index >= 15 is 0 Å². The molecular formula is C25H31N3O2. The predicted molar refractivity (Wildman–Crippen MR) is 122 cm³/mol. The van der Waals surface area contributed by atoms with Crippen molar-refractivity contribution in [3.63, 3.8) is 0 Å². The van der Waals surface area contributed by atoms with E-state index in [9.17, 15) is 4.79 Å². The highest BCUT2D eigenvalue weighted by atomic mass is 16.5. The van der Waals surface area contributed by atoms with Gasteiger partial charge in [-0.2, -0.15) is 0 Å². The Morgan fingerprint density at radius 1 is 1.00 bits per heavy atom. The summed E-state index contributed by atoms with van der Waals surface area (Å²) in [5.74, 6) is 0.760. The Labute approximate surface area is 179 Å². The summed E-state index contributed by atoms with van der Waals surface area (Å²) in [6.07, 6.45) is 0. The number of aryl methyl sites for hydroxylation is 1. The summed E-state index contributed by atoms with van der Waals surface area (Å²) in [4.78, 5) is 17.5. The van der Waals surface area contributed by atoms with E-state index in [0.717, 1.165) is 46.9 Å². The zero-order valence-corrected chi connectivity index (χ0v) is 18.6. The van der Waals surface area contributed by atoms with Gasteiger partial charge in [-0.3, -0.25) is 4.79 Å². The monoisotopic (exact) mass is 405 g/mol. The van der Waals surface area contributed by atoms with Crippen LogP contribution in [0, 0.1) is 6.92 Å². The topological polar surface area (TPSA) is 49.6 Å². The summed E-state index contributed by atoms with van der Waals surface area (Å²) >= 11 is 0. The van der Waals surface area contributed by atoms with Crippen LogP contribution in [0.4, 0.5) is 5.88 Å². The first kappa shape index (κ1) is 21.6. The number of benzene rings is 2. The van der Waals surface area contributed by atoms with Gasteiger partial charge in [0.1, 0.15) is 5.69 Å². The molecule has 0 aliphatic carbocycles. The summed E-state index contributed by atoms with van der Waals surface area (Å²) in [6, 6.07) is 17.8. The molecule has 0 spiro atoms. The fourth-order valence-corrected chi connectivity index (χ4v) is 3.65. The molecule has 0 saturated heterocycles. The van der Waals surface area contributed by atoms with Crippen LogP contribution in [0.2, 0.25) is 0 Å². The number of amides is 1. The predicted octanol–water partition coefficient (Wildman–Crippen LogP) is 5.55. The Bertz CT molecular complexity index is 975. The number of nitrogens with zero attached hydrogens (tertiary/aromatic N) is 3. The summed E-state index contributed by atoms with van der Waals surface area (Å²) in [7, 11) is 0. The van der Waals surface area contributed by atoms with Crippen LogP contribution in [0.15, 0.2) is 59.1 Å². The van der Waals surface area contributed by atoms with Gasteiger partial charge in [0.05, 0.1) is 12.1 Å². The third kappa shape index (κ3) is 4.40. The van der Waals surface area contributed by atoms with Crippen molar-refractivity contribution in [2.75, 3.05) is 18.0 Å². The second-order valence-corrected chi connectivity index (χ2v) is 7.69. The van der Waals surface area contributed by atoms with E-state index in [4.69, 9.17) is 4.52 Å². The van der Waals surface area contributed by atoms with Gasteiger partial charge in [-0.25, -0.2) is 0 Å². The molecule has 0 bridgehead atoms. The van der Waals surface area contributed by atoms with Crippen molar-refractivity contribution in [2.24, 2.45) is 0 Å². The van der Waals surface area contributed by atoms with E-state index in [1.165, 1.54) is 0 Å². The van der Waals surface area contributed by atoms with Crippen LogP contribution in [0.1, 0.15) is 49.2 Å². The number of carbonyl (C=O) groups is 1. The molecule has 158 valence electrons. The maximum atomic E-state index is 13.5. The first-order valence-corrected chi connectivity index (χ1v) is 10.6. The highest BCUT2D eigenvalue weighted by Crippen LogP contribution is 2.33. The van der Waals surface area contributed by atoms with E-state index in [-0.39, 0.29) is 11.9 Å². The van der Waals surface area contributed by atoms with Crippen molar-refractivity contribution < 1.29 is 9.32 Å². The van der Waals surface area contributed by atoms with Gasteiger partial charge in [-0.15, -0.1) is 0 Å². The van der Waals surface area contributed by atoms with E-state index < -0.39 is 0 Å². The van der Waals surface area contributed by atoms with Crippen LogP contribution >= 0.6 is 0 Å². The molecule has 1 aromatic heterocycles. The van der Waals surface area contributed by atoms with Crippen molar-refractivity contribution in [3.8, 4) is 11.3 Å². The maximum Gasteiger partial charge on any atom is 0.254 e. The van der Waals surface area contributed by atoms with E-state index in [1.807, 2.05) is 80.3 Å². The lowest BCUT2D eigenvalue weighted by Crippen LogP contribution is -2.37. The molecule has 0 fully saturated rings. The molecular weight excluding hydrogens is 374 g/mol. The maximum absolute atomic E-state index is 13.5. The molecule has 0 atom stereocenters. The van der Waals surface area contributed by atoms with Crippen LogP contribution in [0.3, 0.4) is 0 Å². The molecule has 5 heteroatoms. The fourth-order valence-electron chi connectivity index (χ4n) is 3.65. The van der Waals surface area contributed by atoms with Crippen molar-refractivity contribution in [2.45, 2.75) is 47.2 Å². The molecule has 0 unspecified atom stereocenters. The largest absolute Gasteiger partial charge is 0.341 e. The number of anilines is 1. The molecule has 0 N–H and O–H groups in total. The Kier molecular flexibility index (Phi) is 6.93. The van der Waals surface area contributed by atoms with Gasteiger partial charge in [-0.05, 0) is 46.2 Å².